The lowest BCUT2D eigenvalue weighted by atomic mass is 10.0. The summed E-state index contributed by atoms with van der Waals surface area (Å²) in [7, 11) is 0. The van der Waals surface area contributed by atoms with Crippen LogP contribution in [-0.2, 0) is 4.79 Å². The van der Waals surface area contributed by atoms with E-state index in [1.807, 2.05) is 6.92 Å². The lowest BCUT2D eigenvalue weighted by Crippen LogP contribution is -2.25. The van der Waals surface area contributed by atoms with E-state index in [0.29, 0.717) is 18.7 Å². The van der Waals surface area contributed by atoms with Crippen molar-refractivity contribution < 1.29 is 14.7 Å². The van der Waals surface area contributed by atoms with Gasteiger partial charge in [-0.2, -0.15) is 8.75 Å². The number of aliphatic carboxylic acids is 1. The monoisotopic (exact) mass is 257 g/mol. The number of rotatable bonds is 7. The summed E-state index contributed by atoms with van der Waals surface area (Å²) in [6, 6.07) is 0. The number of carboxylic acids is 1. The first kappa shape index (κ1) is 13.6. The first-order chi connectivity index (χ1) is 8.09. The van der Waals surface area contributed by atoms with Crippen LogP contribution in [0.1, 0.15) is 36.7 Å². The first-order valence-corrected chi connectivity index (χ1v) is 6.10. The smallest absolute Gasteiger partial charge is 0.303 e. The third-order valence-electron chi connectivity index (χ3n) is 2.37. The van der Waals surface area contributed by atoms with Crippen molar-refractivity contribution in [2.75, 3.05) is 6.54 Å². The van der Waals surface area contributed by atoms with Crippen molar-refractivity contribution in [1.82, 2.24) is 14.1 Å². The molecule has 0 spiro atoms. The maximum Gasteiger partial charge on any atom is 0.303 e. The third kappa shape index (κ3) is 5.39. The molecule has 2 N–H and O–H groups in total. The summed E-state index contributed by atoms with van der Waals surface area (Å²) in [5, 5.41) is 11.2. The Labute approximate surface area is 103 Å². The highest BCUT2D eigenvalue weighted by Gasteiger charge is 2.09. The SMILES string of the molecule is CC(CCNC(=O)c1cnsn1)CCC(=O)O. The Morgan fingerprint density at radius 2 is 2.29 bits per heavy atom. The summed E-state index contributed by atoms with van der Waals surface area (Å²) in [6.45, 7) is 2.50. The molecule has 0 aliphatic carbocycles. The van der Waals surface area contributed by atoms with Crippen LogP contribution in [0.2, 0.25) is 0 Å². The Balaban J connectivity index is 2.15. The van der Waals surface area contributed by atoms with Crippen LogP contribution in [0.5, 0.6) is 0 Å². The highest BCUT2D eigenvalue weighted by Crippen LogP contribution is 2.09. The summed E-state index contributed by atoms with van der Waals surface area (Å²) in [6.07, 6.45) is 2.99. The van der Waals surface area contributed by atoms with Crippen LogP contribution in [0.25, 0.3) is 0 Å². The van der Waals surface area contributed by atoms with Gasteiger partial charge in [0.2, 0.25) is 0 Å². The highest BCUT2D eigenvalue weighted by atomic mass is 32.1. The molecule has 1 unspecified atom stereocenters. The summed E-state index contributed by atoms with van der Waals surface area (Å²) < 4.78 is 7.55. The van der Waals surface area contributed by atoms with E-state index in [4.69, 9.17) is 5.11 Å². The quantitative estimate of drug-likeness (QED) is 0.764. The Bertz CT molecular complexity index is 367. The van der Waals surface area contributed by atoms with E-state index < -0.39 is 5.97 Å². The highest BCUT2D eigenvalue weighted by molar-refractivity contribution is 6.99. The van der Waals surface area contributed by atoms with E-state index in [1.165, 1.54) is 6.20 Å². The molecule has 1 amide bonds. The van der Waals surface area contributed by atoms with E-state index in [0.717, 1.165) is 18.1 Å². The van der Waals surface area contributed by atoms with E-state index in [9.17, 15) is 9.59 Å². The molecule has 0 radical (unpaired) electrons. The van der Waals surface area contributed by atoms with E-state index in [1.54, 1.807) is 0 Å². The molecule has 0 saturated carbocycles. The van der Waals surface area contributed by atoms with Gasteiger partial charge in [-0.15, -0.1) is 0 Å². The molecule has 0 aliphatic heterocycles. The van der Waals surface area contributed by atoms with Crippen molar-refractivity contribution in [2.24, 2.45) is 5.92 Å². The number of nitrogens with zero attached hydrogens (tertiary/aromatic N) is 2. The largest absolute Gasteiger partial charge is 0.481 e. The molecule has 0 aromatic carbocycles. The van der Waals surface area contributed by atoms with Crippen molar-refractivity contribution in [3.05, 3.63) is 11.9 Å². The van der Waals surface area contributed by atoms with Crippen molar-refractivity contribution in [1.29, 1.82) is 0 Å². The van der Waals surface area contributed by atoms with Crippen LogP contribution in [0.15, 0.2) is 6.20 Å². The molecule has 0 bridgehead atoms. The second-order valence-electron chi connectivity index (χ2n) is 3.87. The third-order valence-corrected chi connectivity index (χ3v) is 2.85. The van der Waals surface area contributed by atoms with Gasteiger partial charge in [0.25, 0.3) is 5.91 Å². The average molecular weight is 257 g/mol. The van der Waals surface area contributed by atoms with Crippen LogP contribution in [-0.4, -0.2) is 32.3 Å². The first-order valence-electron chi connectivity index (χ1n) is 5.37. The fourth-order valence-corrected chi connectivity index (χ4v) is 1.71. The fourth-order valence-electron chi connectivity index (χ4n) is 1.30. The number of amides is 1. The Morgan fingerprint density at radius 1 is 1.53 bits per heavy atom. The predicted octanol–water partition coefficient (Wildman–Crippen LogP) is 1.16. The zero-order chi connectivity index (χ0) is 12.7. The van der Waals surface area contributed by atoms with Gasteiger partial charge in [0, 0.05) is 13.0 Å². The van der Waals surface area contributed by atoms with Crippen molar-refractivity contribution in [2.45, 2.75) is 26.2 Å². The van der Waals surface area contributed by atoms with E-state index in [-0.39, 0.29) is 18.2 Å². The van der Waals surface area contributed by atoms with Crippen LogP contribution in [0, 0.1) is 5.92 Å². The van der Waals surface area contributed by atoms with E-state index in [2.05, 4.69) is 14.1 Å². The van der Waals surface area contributed by atoms with Gasteiger partial charge in [0.1, 0.15) is 0 Å². The van der Waals surface area contributed by atoms with Gasteiger partial charge in [-0.3, -0.25) is 9.59 Å². The molecule has 0 saturated heterocycles. The van der Waals surface area contributed by atoms with Gasteiger partial charge in [-0.05, 0) is 18.8 Å². The maximum atomic E-state index is 11.5. The van der Waals surface area contributed by atoms with Gasteiger partial charge in [-0.25, -0.2) is 0 Å². The number of aromatic nitrogens is 2. The van der Waals surface area contributed by atoms with Crippen molar-refractivity contribution in [3.63, 3.8) is 0 Å². The number of carboxylic acid groups (broad SMARTS) is 1. The molecule has 1 aromatic heterocycles. The number of hydrogen-bond acceptors (Lipinski definition) is 5. The Morgan fingerprint density at radius 3 is 2.88 bits per heavy atom. The minimum atomic E-state index is -0.783. The zero-order valence-corrected chi connectivity index (χ0v) is 10.4. The average Bonchev–Trinajstić information content (AvgIpc) is 2.79. The molecule has 1 rings (SSSR count). The summed E-state index contributed by atoms with van der Waals surface area (Å²) in [5.41, 5.74) is 0.327. The number of nitrogens with one attached hydrogen (secondary N) is 1. The second kappa shape index (κ2) is 6.95. The number of carbonyl (C=O) groups excluding carboxylic acids is 1. The minimum absolute atomic E-state index is 0.172. The lowest BCUT2D eigenvalue weighted by molar-refractivity contribution is -0.137. The van der Waals surface area contributed by atoms with Crippen LogP contribution >= 0.6 is 11.7 Å². The minimum Gasteiger partial charge on any atom is -0.481 e. The lowest BCUT2D eigenvalue weighted by Gasteiger charge is -2.09. The zero-order valence-electron chi connectivity index (χ0n) is 9.55. The second-order valence-corrected chi connectivity index (χ2v) is 4.43. The molecule has 7 heteroatoms. The standard InChI is InChI=1S/C10H15N3O3S/c1-7(2-3-9(14)15)4-5-11-10(16)8-6-12-17-13-8/h6-7H,2-5H2,1H3,(H,11,16)(H,14,15). The molecule has 17 heavy (non-hydrogen) atoms. The molecule has 0 aliphatic rings. The van der Waals surface area contributed by atoms with Gasteiger partial charge in [-0.1, -0.05) is 6.92 Å². The fraction of sp³-hybridized carbons (Fsp3) is 0.600. The van der Waals surface area contributed by atoms with Crippen LogP contribution < -0.4 is 5.32 Å². The summed E-state index contributed by atoms with van der Waals surface area (Å²) in [4.78, 5) is 21.8. The molecule has 6 nitrogen and oxygen atoms in total. The topological polar surface area (TPSA) is 92.2 Å². The summed E-state index contributed by atoms with van der Waals surface area (Å²) in [5.74, 6) is -0.737. The molecular weight excluding hydrogens is 242 g/mol. The van der Waals surface area contributed by atoms with Gasteiger partial charge >= 0.3 is 5.97 Å². The van der Waals surface area contributed by atoms with Crippen LogP contribution in [0.3, 0.4) is 0 Å². The van der Waals surface area contributed by atoms with Crippen molar-refractivity contribution >= 4 is 23.6 Å². The Hall–Kier alpha value is -1.50. The van der Waals surface area contributed by atoms with Crippen LogP contribution in [0.4, 0.5) is 0 Å². The van der Waals surface area contributed by atoms with Gasteiger partial charge in [0.05, 0.1) is 17.9 Å². The molecule has 94 valence electrons. The molecule has 1 aromatic rings. The van der Waals surface area contributed by atoms with Gasteiger partial charge in [0.15, 0.2) is 5.69 Å². The number of carbonyl (C=O) groups is 2. The van der Waals surface area contributed by atoms with E-state index >= 15 is 0 Å². The maximum absolute atomic E-state index is 11.5. The molecular formula is C10H15N3O3S. The number of hydrogen-bond donors (Lipinski definition) is 2. The normalized spacial score (nSPS) is 12.1. The summed E-state index contributed by atoms with van der Waals surface area (Å²) >= 11 is 0.993. The van der Waals surface area contributed by atoms with Gasteiger partial charge < -0.3 is 10.4 Å². The van der Waals surface area contributed by atoms with Crippen molar-refractivity contribution in [3.8, 4) is 0 Å². The molecule has 1 atom stereocenters. The Kier molecular flexibility index (Phi) is 5.55. The molecule has 0 fully saturated rings. The molecule has 1 heterocycles. The predicted molar refractivity (Wildman–Crippen MR) is 62.9 cm³/mol.